The second kappa shape index (κ2) is 21.4. The van der Waals surface area contributed by atoms with E-state index in [9.17, 15) is 24.9 Å². The summed E-state index contributed by atoms with van der Waals surface area (Å²) in [7, 11) is 4.16. The molecule has 270 valence electrons. The van der Waals surface area contributed by atoms with Crippen molar-refractivity contribution in [3.63, 3.8) is 0 Å². The Morgan fingerprint density at radius 3 is 2.17 bits per heavy atom. The topological polar surface area (TPSA) is 243 Å². The number of aliphatic hydroxyl groups is 6. The molecule has 9 atom stereocenters. The molecule has 0 spiro atoms. The van der Waals surface area contributed by atoms with Crippen LogP contribution in [0.3, 0.4) is 0 Å². The van der Waals surface area contributed by atoms with Gasteiger partial charge in [0.25, 0.3) is 5.91 Å². The first-order valence-corrected chi connectivity index (χ1v) is 15.6. The van der Waals surface area contributed by atoms with Crippen molar-refractivity contribution in [1.82, 2.24) is 5.32 Å². The van der Waals surface area contributed by atoms with Gasteiger partial charge in [0, 0.05) is 25.7 Å². The van der Waals surface area contributed by atoms with Gasteiger partial charge in [-0.2, -0.15) is 0 Å². The van der Waals surface area contributed by atoms with Crippen LogP contribution in [0.4, 0.5) is 0 Å². The van der Waals surface area contributed by atoms with E-state index < -0.39 is 67.6 Å². The molecule has 1 aromatic rings. The Morgan fingerprint density at radius 2 is 1.55 bits per heavy atom. The molecule has 47 heavy (non-hydrogen) atoms. The third kappa shape index (κ3) is 12.4. The average Bonchev–Trinajstić information content (AvgIpc) is 3.07. The number of nitrogens with one attached hydrogen (secondary N) is 1. The number of benzene rings is 1. The summed E-state index contributed by atoms with van der Waals surface area (Å²) >= 11 is 0. The van der Waals surface area contributed by atoms with Crippen molar-refractivity contribution in [2.45, 2.75) is 100 Å². The first-order chi connectivity index (χ1) is 22.5. The standard InChI is InChI=1S/C25H39NO10.C6H12O5/c1-32-18-14-16(11-12-17(18)28)24(31)26-21-23(34-3)22(30)19(15-27)36-25(21)35-13-9-7-5-4-6-8-10-20(29)33-2;7-1-4-6(10)5(9)3(8)2-11-4/h11-12,14,19,21-23,25,27-28,30H,4-10,13,15H2,1-3H3,(H,26,31);3-10H,1-2H2/t19?,21?,22-,23?,25-;3?,4?,5?,6-/m10/s1. The highest BCUT2D eigenvalue weighted by Gasteiger charge is 2.46. The first-order valence-electron chi connectivity index (χ1n) is 15.6. The van der Waals surface area contributed by atoms with Gasteiger partial charge in [-0.15, -0.1) is 0 Å². The molecule has 2 aliphatic rings. The fourth-order valence-corrected chi connectivity index (χ4v) is 5.11. The van der Waals surface area contributed by atoms with E-state index >= 15 is 0 Å². The van der Waals surface area contributed by atoms with E-state index in [1.165, 1.54) is 39.5 Å². The van der Waals surface area contributed by atoms with Crippen LogP contribution in [0.25, 0.3) is 0 Å². The minimum absolute atomic E-state index is 0.0521. The number of methoxy groups -OCH3 is 3. The molecule has 0 aromatic heterocycles. The lowest BCUT2D eigenvalue weighted by atomic mass is 9.96. The van der Waals surface area contributed by atoms with Gasteiger partial charge in [-0.05, 0) is 31.0 Å². The van der Waals surface area contributed by atoms with Crippen LogP contribution in [0.15, 0.2) is 18.2 Å². The number of hydrogen-bond acceptors (Lipinski definition) is 15. The molecular weight excluding hydrogens is 626 g/mol. The van der Waals surface area contributed by atoms with Crippen molar-refractivity contribution in [1.29, 1.82) is 0 Å². The third-order valence-corrected chi connectivity index (χ3v) is 7.94. The van der Waals surface area contributed by atoms with Crippen molar-refractivity contribution >= 4 is 11.9 Å². The van der Waals surface area contributed by atoms with E-state index in [2.05, 4.69) is 10.1 Å². The van der Waals surface area contributed by atoms with Gasteiger partial charge in [0.2, 0.25) is 0 Å². The monoisotopic (exact) mass is 677 g/mol. The molecule has 0 bridgehead atoms. The summed E-state index contributed by atoms with van der Waals surface area (Å²) in [6, 6.07) is 3.31. The Balaban J connectivity index is 0.000000587. The predicted octanol–water partition coefficient (Wildman–Crippen LogP) is -1.03. The number of amides is 1. The van der Waals surface area contributed by atoms with E-state index in [1.807, 2.05) is 0 Å². The number of rotatable bonds is 16. The Labute approximate surface area is 274 Å². The van der Waals surface area contributed by atoms with Crippen molar-refractivity contribution in [3.05, 3.63) is 23.8 Å². The maximum Gasteiger partial charge on any atom is 0.305 e. The fourth-order valence-electron chi connectivity index (χ4n) is 5.11. The van der Waals surface area contributed by atoms with Crippen LogP contribution >= 0.6 is 0 Å². The second-order valence-electron chi connectivity index (χ2n) is 11.2. The Hall–Kier alpha value is -2.64. The van der Waals surface area contributed by atoms with Crippen molar-refractivity contribution in [3.8, 4) is 11.5 Å². The number of carbonyl (C=O) groups is 2. The summed E-state index contributed by atoms with van der Waals surface area (Å²) in [6.45, 7) is -0.506. The van der Waals surface area contributed by atoms with Gasteiger partial charge in [-0.1, -0.05) is 25.7 Å². The third-order valence-electron chi connectivity index (χ3n) is 7.94. The lowest BCUT2D eigenvalue weighted by molar-refractivity contribution is -0.273. The highest BCUT2D eigenvalue weighted by atomic mass is 16.7. The highest BCUT2D eigenvalue weighted by Crippen LogP contribution is 2.28. The zero-order chi connectivity index (χ0) is 34.9. The molecular formula is C31H51NO15. The van der Waals surface area contributed by atoms with Gasteiger partial charge in [0.15, 0.2) is 17.8 Å². The van der Waals surface area contributed by atoms with E-state index in [-0.39, 0.29) is 36.2 Å². The summed E-state index contributed by atoms with van der Waals surface area (Å²) < 4.78 is 31.6. The average molecular weight is 678 g/mol. The molecule has 3 rings (SSSR count). The number of ether oxygens (including phenoxy) is 6. The minimum atomic E-state index is -1.22. The lowest BCUT2D eigenvalue weighted by Gasteiger charge is -2.43. The van der Waals surface area contributed by atoms with Crippen molar-refractivity contribution in [2.75, 3.05) is 47.8 Å². The number of aliphatic hydroxyl groups excluding tert-OH is 6. The van der Waals surface area contributed by atoms with Crippen LogP contribution in [0.5, 0.6) is 11.5 Å². The van der Waals surface area contributed by atoms with E-state index in [4.69, 9.17) is 44.1 Å². The second-order valence-corrected chi connectivity index (χ2v) is 11.2. The summed E-state index contributed by atoms with van der Waals surface area (Å²) in [6.07, 6.45) is -2.43. The lowest BCUT2D eigenvalue weighted by Crippen LogP contribution is -2.65. The summed E-state index contributed by atoms with van der Waals surface area (Å²) in [5, 5.41) is 68.5. The molecule has 6 unspecified atom stereocenters. The summed E-state index contributed by atoms with van der Waals surface area (Å²) in [5.74, 6) is -0.651. The number of esters is 1. The Bertz CT molecular complexity index is 1060. The molecule has 16 heteroatoms. The van der Waals surface area contributed by atoms with Gasteiger partial charge in [0.05, 0.1) is 34.0 Å². The minimum Gasteiger partial charge on any atom is -0.504 e. The molecule has 0 radical (unpaired) electrons. The Kier molecular flexibility index (Phi) is 18.4. The molecule has 0 aliphatic carbocycles. The number of unbranched alkanes of at least 4 members (excludes halogenated alkanes) is 5. The summed E-state index contributed by atoms with van der Waals surface area (Å²) in [5.41, 5.74) is 0.226. The van der Waals surface area contributed by atoms with Gasteiger partial charge < -0.3 is 69.5 Å². The molecule has 2 saturated heterocycles. The van der Waals surface area contributed by atoms with Crippen LogP contribution in [-0.2, 0) is 28.5 Å². The molecule has 2 fully saturated rings. The van der Waals surface area contributed by atoms with Crippen LogP contribution in [-0.4, -0.2) is 150 Å². The van der Waals surface area contributed by atoms with Gasteiger partial charge >= 0.3 is 5.97 Å². The molecule has 1 aromatic carbocycles. The van der Waals surface area contributed by atoms with E-state index in [1.54, 1.807) is 0 Å². The molecule has 2 heterocycles. The molecule has 2 aliphatic heterocycles. The van der Waals surface area contributed by atoms with Crippen LogP contribution in [0.1, 0.15) is 55.3 Å². The predicted molar refractivity (Wildman–Crippen MR) is 164 cm³/mol. The highest BCUT2D eigenvalue weighted by molar-refractivity contribution is 5.95. The van der Waals surface area contributed by atoms with E-state index in [0.717, 1.165) is 38.5 Å². The molecule has 1 amide bonds. The van der Waals surface area contributed by atoms with Crippen molar-refractivity contribution in [2.24, 2.45) is 0 Å². The van der Waals surface area contributed by atoms with E-state index in [0.29, 0.717) is 13.0 Å². The number of phenols is 1. The van der Waals surface area contributed by atoms with Crippen LogP contribution < -0.4 is 10.1 Å². The number of carbonyl (C=O) groups excluding carboxylic acids is 2. The first kappa shape index (κ1) is 40.5. The van der Waals surface area contributed by atoms with Gasteiger partial charge in [-0.25, -0.2) is 0 Å². The van der Waals surface area contributed by atoms with Gasteiger partial charge in [0.1, 0.15) is 48.8 Å². The molecule has 0 saturated carbocycles. The number of aromatic hydroxyl groups is 1. The zero-order valence-corrected chi connectivity index (χ0v) is 27.1. The smallest absolute Gasteiger partial charge is 0.305 e. The molecule has 8 N–H and O–H groups in total. The zero-order valence-electron chi connectivity index (χ0n) is 27.1. The number of hydrogen-bond donors (Lipinski definition) is 8. The van der Waals surface area contributed by atoms with Gasteiger partial charge in [-0.3, -0.25) is 9.59 Å². The fraction of sp³-hybridized carbons (Fsp3) is 0.742. The largest absolute Gasteiger partial charge is 0.504 e. The maximum atomic E-state index is 12.9. The Morgan fingerprint density at radius 1 is 0.894 bits per heavy atom. The van der Waals surface area contributed by atoms with Crippen LogP contribution in [0.2, 0.25) is 0 Å². The van der Waals surface area contributed by atoms with Crippen molar-refractivity contribution < 1.29 is 73.8 Å². The van der Waals surface area contributed by atoms with Crippen LogP contribution in [0, 0.1) is 0 Å². The quantitative estimate of drug-likeness (QED) is 0.0771. The molecule has 16 nitrogen and oxygen atoms in total. The SMILES string of the molecule is COC(=O)CCCCCCCCO[C@@H]1OC(CO)[C@@H](O)C(OC)C1NC(=O)c1ccc(O)c(OC)c1.OCC1OCC(O)C(O)[C@H]1O. The maximum absolute atomic E-state index is 12.9. The number of phenolic OH excluding ortho intramolecular Hbond substituents is 1. The summed E-state index contributed by atoms with van der Waals surface area (Å²) in [4.78, 5) is 24.1. The normalized spacial score (nSPS) is 28.9.